The predicted octanol–water partition coefficient (Wildman–Crippen LogP) is 4.14. The zero-order valence-corrected chi connectivity index (χ0v) is 13.2. The molecule has 0 atom stereocenters. The van der Waals surface area contributed by atoms with Crippen LogP contribution < -0.4 is 5.32 Å². The van der Waals surface area contributed by atoms with Crippen LogP contribution in [0.4, 0.5) is 0 Å². The van der Waals surface area contributed by atoms with Crippen LogP contribution >= 0.6 is 11.6 Å². The molecule has 3 heteroatoms. The summed E-state index contributed by atoms with van der Waals surface area (Å²) in [5, 5.41) is 4.37. The highest BCUT2D eigenvalue weighted by molar-refractivity contribution is 6.31. The Hall–Kier alpha value is -1.38. The molecular weight excluding hydrogens is 280 g/mol. The van der Waals surface area contributed by atoms with E-state index in [2.05, 4.69) is 41.5 Å². The van der Waals surface area contributed by atoms with Crippen molar-refractivity contribution in [3.05, 3.63) is 63.9 Å². The summed E-state index contributed by atoms with van der Waals surface area (Å²) < 4.78 is 0. The van der Waals surface area contributed by atoms with Crippen molar-refractivity contribution < 1.29 is 0 Å². The summed E-state index contributed by atoms with van der Waals surface area (Å²) in [7, 11) is 0. The van der Waals surface area contributed by atoms with Gasteiger partial charge in [-0.25, -0.2) is 0 Å². The molecule has 1 aromatic carbocycles. The van der Waals surface area contributed by atoms with E-state index in [4.69, 9.17) is 11.6 Å². The fourth-order valence-electron chi connectivity index (χ4n) is 2.39. The van der Waals surface area contributed by atoms with Gasteiger partial charge in [0, 0.05) is 35.9 Å². The summed E-state index contributed by atoms with van der Waals surface area (Å²) in [5.74, 6) is 0. The van der Waals surface area contributed by atoms with Crippen molar-refractivity contribution >= 4 is 11.6 Å². The van der Waals surface area contributed by atoms with E-state index in [-0.39, 0.29) is 0 Å². The van der Waals surface area contributed by atoms with E-state index >= 15 is 0 Å². The number of halogens is 1. The molecule has 2 nitrogen and oxygen atoms in total. The second-order valence-electron chi connectivity index (χ2n) is 5.77. The molecule has 1 aliphatic rings. The Labute approximate surface area is 131 Å². The van der Waals surface area contributed by atoms with Crippen molar-refractivity contribution in [2.45, 2.75) is 45.2 Å². The van der Waals surface area contributed by atoms with Gasteiger partial charge in [-0.1, -0.05) is 36.7 Å². The second-order valence-corrected chi connectivity index (χ2v) is 6.18. The zero-order valence-electron chi connectivity index (χ0n) is 12.4. The SMILES string of the molecule is CCc1ccc(Cc2ccc(Cl)c(CNC3CC3)c2)nc1. The van der Waals surface area contributed by atoms with Crippen LogP contribution in [-0.4, -0.2) is 11.0 Å². The Bertz CT molecular complexity index is 603. The number of rotatable bonds is 6. The van der Waals surface area contributed by atoms with E-state index in [0.29, 0.717) is 6.04 Å². The number of nitrogens with one attached hydrogen (secondary N) is 1. The van der Waals surface area contributed by atoms with Crippen molar-refractivity contribution in [2.24, 2.45) is 0 Å². The normalized spacial score (nSPS) is 14.4. The Balaban J connectivity index is 1.69. The average molecular weight is 301 g/mol. The van der Waals surface area contributed by atoms with Crippen LogP contribution in [0.1, 0.15) is 42.1 Å². The molecule has 2 aromatic rings. The van der Waals surface area contributed by atoms with Gasteiger partial charge in [-0.3, -0.25) is 4.98 Å². The van der Waals surface area contributed by atoms with Crippen molar-refractivity contribution in [1.82, 2.24) is 10.3 Å². The number of pyridine rings is 1. The van der Waals surface area contributed by atoms with Gasteiger partial charge in [0.2, 0.25) is 0 Å². The minimum absolute atomic E-state index is 0.702. The van der Waals surface area contributed by atoms with Gasteiger partial charge in [-0.2, -0.15) is 0 Å². The fraction of sp³-hybridized carbons (Fsp3) is 0.389. The third-order valence-corrected chi connectivity index (χ3v) is 4.32. The highest BCUT2D eigenvalue weighted by atomic mass is 35.5. The van der Waals surface area contributed by atoms with E-state index in [0.717, 1.165) is 30.1 Å². The summed E-state index contributed by atoms with van der Waals surface area (Å²) in [6, 6.07) is 11.3. The van der Waals surface area contributed by atoms with Crippen LogP contribution in [0, 0.1) is 0 Å². The van der Waals surface area contributed by atoms with Gasteiger partial charge in [0.25, 0.3) is 0 Å². The predicted molar refractivity (Wildman–Crippen MR) is 87.7 cm³/mol. The standard InChI is InChI=1S/C18H21ClN2/c1-2-13-3-5-17(20-11-13)10-14-4-8-18(19)15(9-14)12-21-16-6-7-16/h3-5,8-9,11,16,21H,2,6-7,10,12H2,1H3. The van der Waals surface area contributed by atoms with E-state index in [1.807, 2.05) is 12.3 Å². The first kappa shape index (κ1) is 14.6. The topological polar surface area (TPSA) is 24.9 Å². The lowest BCUT2D eigenvalue weighted by Crippen LogP contribution is -2.15. The van der Waals surface area contributed by atoms with Crippen LogP contribution in [0.15, 0.2) is 36.5 Å². The maximum atomic E-state index is 6.29. The number of aromatic nitrogens is 1. The molecule has 21 heavy (non-hydrogen) atoms. The first-order valence-electron chi connectivity index (χ1n) is 7.69. The van der Waals surface area contributed by atoms with Crippen molar-refractivity contribution in [2.75, 3.05) is 0 Å². The van der Waals surface area contributed by atoms with E-state index < -0.39 is 0 Å². The van der Waals surface area contributed by atoms with E-state index in [9.17, 15) is 0 Å². The number of aryl methyl sites for hydroxylation is 1. The number of hydrogen-bond donors (Lipinski definition) is 1. The largest absolute Gasteiger partial charge is 0.310 e. The summed E-state index contributed by atoms with van der Waals surface area (Å²) in [6.45, 7) is 3.01. The molecule has 1 heterocycles. The molecule has 1 aliphatic carbocycles. The van der Waals surface area contributed by atoms with Gasteiger partial charge in [0.15, 0.2) is 0 Å². The summed E-state index contributed by atoms with van der Waals surface area (Å²) >= 11 is 6.29. The van der Waals surface area contributed by atoms with Crippen LogP contribution in [-0.2, 0) is 19.4 Å². The Morgan fingerprint density at radius 3 is 2.67 bits per heavy atom. The van der Waals surface area contributed by atoms with Crippen molar-refractivity contribution in [3.63, 3.8) is 0 Å². The molecule has 0 aliphatic heterocycles. The molecule has 1 saturated carbocycles. The first-order chi connectivity index (χ1) is 10.2. The average Bonchev–Trinajstić information content (AvgIpc) is 3.33. The van der Waals surface area contributed by atoms with Gasteiger partial charge in [-0.15, -0.1) is 0 Å². The van der Waals surface area contributed by atoms with Gasteiger partial charge < -0.3 is 5.32 Å². The molecule has 0 bridgehead atoms. The summed E-state index contributed by atoms with van der Waals surface area (Å²) in [5.41, 5.74) is 4.84. The van der Waals surface area contributed by atoms with Crippen LogP contribution in [0.25, 0.3) is 0 Å². The lowest BCUT2D eigenvalue weighted by Gasteiger charge is -2.09. The fourth-order valence-corrected chi connectivity index (χ4v) is 2.58. The lowest BCUT2D eigenvalue weighted by molar-refractivity contribution is 0.687. The number of benzene rings is 1. The van der Waals surface area contributed by atoms with Crippen LogP contribution in [0.2, 0.25) is 5.02 Å². The Kier molecular flexibility index (Phi) is 4.57. The molecule has 0 spiro atoms. The molecule has 0 saturated heterocycles. The van der Waals surface area contributed by atoms with Gasteiger partial charge >= 0.3 is 0 Å². The summed E-state index contributed by atoms with van der Waals surface area (Å²) in [6.07, 6.45) is 6.46. The first-order valence-corrected chi connectivity index (χ1v) is 8.07. The highest BCUT2D eigenvalue weighted by Crippen LogP contribution is 2.23. The quantitative estimate of drug-likeness (QED) is 0.867. The van der Waals surface area contributed by atoms with Crippen molar-refractivity contribution in [1.29, 1.82) is 0 Å². The third kappa shape index (κ3) is 4.05. The second kappa shape index (κ2) is 6.59. The maximum Gasteiger partial charge on any atom is 0.0451 e. The third-order valence-electron chi connectivity index (χ3n) is 3.95. The molecule has 110 valence electrons. The van der Waals surface area contributed by atoms with E-state index in [1.54, 1.807) is 0 Å². The molecule has 1 aromatic heterocycles. The van der Waals surface area contributed by atoms with Gasteiger partial charge in [-0.05, 0) is 48.1 Å². The number of nitrogens with zero attached hydrogens (tertiary/aromatic N) is 1. The minimum atomic E-state index is 0.702. The molecule has 0 unspecified atom stereocenters. The zero-order chi connectivity index (χ0) is 14.7. The Morgan fingerprint density at radius 1 is 1.19 bits per heavy atom. The summed E-state index contributed by atoms with van der Waals surface area (Å²) in [4.78, 5) is 4.53. The van der Waals surface area contributed by atoms with Crippen LogP contribution in [0.3, 0.4) is 0 Å². The van der Waals surface area contributed by atoms with Crippen LogP contribution in [0.5, 0.6) is 0 Å². The van der Waals surface area contributed by atoms with Gasteiger partial charge in [0.1, 0.15) is 0 Å². The number of hydrogen-bond acceptors (Lipinski definition) is 2. The van der Waals surface area contributed by atoms with Gasteiger partial charge in [0.05, 0.1) is 0 Å². The monoisotopic (exact) mass is 300 g/mol. The maximum absolute atomic E-state index is 6.29. The highest BCUT2D eigenvalue weighted by Gasteiger charge is 2.20. The molecule has 3 rings (SSSR count). The molecule has 0 amide bonds. The molecule has 0 radical (unpaired) electrons. The molecule has 1 N–H and O–H groups in total. The minimum Gasteiger partial charge on any atom is -0.310 e. The van der Waals surface area contributed by atoms with Crippen molar-refractivity contribution in [3.8, 4) is 0 Å². The molecular formula is C18H21ClN2. The molecule has 1 fully saturated rings. The smallest absolute Gasteiger partial charge is 0.0451 e. The Morgan fingerprint density at radius 2 is 2.00 bits per heavy atom. The lowest BCUT2D eigenvalue weighted by atomic mass is 10.1. The van der Waals surface area contributed by atoms with E-state index in [1.165, 1.54) is 29.5 Å².